The Morgan fingerprint density at radius 3 is 2.71 bits per heavy atom. The number of ether oxygens (including phenoxy) is 1. The predicted molar refractivity (Wildman–Crippen MR) is 129 cm³/mol. The van der Waals surface area contributed by atoms with Crippen LogP contribution in [0.1, 0.15) is 36.7 Å². The number of likely N-dealkylation sites (N-methyl/N-ethyl adjacent to an activating group) is 1. The first-order chi connectivity index (χ1) is 16.1. The molecule has 7 nitrogen and oxygen atoms in total. The highest BCUT2D eigenvalue weighted by Crippen LogP contribution is 2.34. The zero-order valence-corrected chi connectivity index (χ0v) is 20.6. The Hall–Kier alpha value is -2.75. The second-order valence-corrected chi connectivity index (χ2v) is 10.5. The summed E-state index contributed by atoms with van der Waals surface area (Å²) in [6.07, 6.45) is 3.12. The van der Waals surface area contributed by atoms with Crippen molar-refractivity contribution in [3.8, 4) is 5.75 Å². The maximum atomic E-state index is 13.6. The highest BCUT2D eigenvalue weighted by atomic mass is 32.2. The molecule has 1 aliphatic rings. The monoisotopic (exact) mass is 490 g/mol. The van der Waals surface area contributed by atoms with Crippen LogP contribution in [-0.2, 0) is 10.0 Å². The Kier molecular flexibility index (Phi) is 8.12. The smallest absolute Gasteiger partial charge is 0.253 e. The molecule has 1 amide bonds. The van der Waals surface area contributed by atoms with Crippen molar-refractivity contribution in [2.24, 2.45) is 5.92 Å². The van der Waals surface area contributed by atoms with Gasteiger partial charge in [-0.05, 0) is 49.7 Å². The average molecular weight is 491 g/mol. The Labute approximate surface area is 200 Å². The number of halogens is 1. The van der Waals surface area contributed by atoms with Gasteiger partial charge in [-0.3, -0.25) is 4.79 Å². The lowest BCUT2D eigenvalue weighted by atomic mass is 10.0. The molecule has 34 heavy (non-hydrogen) atoms. The summed E-state index contributed by atoms with van der Waals surface area (Å²) in [7, 11) is -2.33. The van der Waals surface area contributed by atoms with Gasteiger partial charge < -0.3 is 14.7 Å². The SMILES string of the molecule is C/C=C/c1ccc2c(c1)O[C@@H](CN(C)C(=O)c1cccc(F)c1)[C@@H](C)CN([C@H](C)CO)S2(=O)=O. The van der Waals surface area contributed by atoms with Crippen LogP contribution in [0.5, 0.6) is 5.75 Å². The lowest BCUT2D eigenvalue weighted by molar-refractivity contribution is 0.0563. The van der Waals surface area contributed by atoms with Crippen molar-refractivity contribution in [1.82, 2.24) is 9.21 Å². The van der Waals surface area contributed by atoms with Crippen molar-refractivity contribution >= 4 is 22.0 Å². The van der Waals surface area contributed by atoms with Gasteiger partial charge in [-0.15, -0.1) is 0 Å². The minimum absolute atomic E-state index is 0.0112. The lowest BCUT2D eigenvalue weighted by Crippen LogP contribution is -2.50. The Morgan fingerprint density at radius 2 is 2.06 bits per heavy atom. The third kappa shape index (κ3) is 5.48. The van der Waals surface area contributed by atoms with Crippen molar-refractivity contribution < 1.29 is 27.4 Å². The van der Waals surface area contributed by atoms with E-state index >= 15 is 0 Å². The first-order valence-electron chi connectivity index (χ1n) is 11.2. The molecule has 9 heteroatoms. The van der Waals surface area contributed by atoms with Crippen LogP contribution in [0.4, 0.5) is 4.39 Å². The second kappa shape index (κ2) is 10.7. The van der Waals surface area contributed by atoms with Gasteiger partial charge in [0, 0.05) is 31.1 Å². The molecule has 2 aromatic carbocycles. The van der Waals surface area contributed by atoms with Crippen molar-refractivity contribution in [2.45, 2.75) is 37.8 Å². The second-order valence-electron chi connectivity index (χ2n) is 8.64. The van der Waals surface area contributed by atoms with Gasteiger partial charge in [0.05, 0.1) is 13.2 Å². The number of hydrogen-bond acceptors (Lipinski definition) is 5. The molecule has 0 bridgehead atoms. The summed E-state index contributed by atoms with van der Waals surface area (Å²) in [5.41, 5.74) is 0.990. The van der Waals surface area contributed by atoms with Gasteiger partial charge in [-0.1, -0.05) is 31.2 Å². The van der Waals surface area contributed by atoms with E-state index in [1.807, 2.05) is 26.0 Å². The maximum absolute atomic E-state index is 13.6. The van der Waals surface area contributed by atoms with Crippen molar-refractivity contribution in [3.05, 3.63) is 65.5 Å². The number of carbonyl (C=O) groups excluding carboxylic acids is 1. The van der Waals surface area contributed by atoms with Crippen LogP contribution in [0.25, 0.3) is 6.08 Å². The lowest BCUT2D eigenvalue weighted by Gasteiger charge is -2.37. The molecular formula is C25H31FN2O5S. The molecule has 1 N–H and O–H groups in total. The summed E-state index contributed by atoms with van der Waals surface area (Å²) >= 11 is 0. The third-order valence-electron chi connectivity index (χ3n) is 5.92. The number of aliphatic hydroxyl groups excluding tert-OH is 1. The fourth-order valence-corrected chi connectivity index (χ4v) is 5.78. The van der Waals surface area contributed by atoms with E-state index in [1.165, 1.54) is 33.5 Å². The quantitative estimate of drug-likeness (QED) is 0.671. The molecule has 0 aromatic heterocycles. The van der Waals surface area contributed by atoms with Crippen molar-refractivity contribution in [1.29, 1.82) is 0 Å². The van der Waals surface area contributed by atoms with Crippen molar-refractivity contribution in [2.75, 3.05) is 26.7 Å². The van der Waals surface area contributed by atoms with Gasteiger partial charge in [-0.2, -0.15) is 4.31 Å². The van der Waals surface area contributed by atoms with E-state index in [-0.39, 0.29) is 47.7 Å². The molecule has 3 atom stereocenters. The van der Waals surface area contributed by atoms with E-state index in [0.717, 1.165) is 5.56 Å². The summed E-state index contributed by atoms with van der Waals surface area (Å²) in [6.45, 7) is 5.28. The van der Waals surface area contributed by atoms with E-state index in [0.29, 0.717) is 0 Å². The minimum Gasteiger partial charge on any atom is -0.487 e. The van der Waals surface area contributed by atoms with Crippen LogP contribution in [0.2, 0.25) is 0 Å². The summed E-state index contributed by atoms with van der Waals surface area (Å²) in [6, 6.07) is 9.69. The summed E-state index contributed by atoms with van der Waals surface area (Å²) in [4.78, 5) is 14.4. The zero-order chi connectivity index (χ0) is 25.0. The third-order valence-corrected chi connectivity index (χ3v) is 7.94. The molecule has 0 spiro atoms. The average Bonchev–Trinajstić information content (AvgIpc) is 2.80. The number of sulfonamides is 1. The molecule has 1 aliphatic heterocycles. The van der Waals surface area contributed by atoms with Crippen LogP contribution in [0.15, 0.2) is 53.4 Å². The van der Waals surface area contributed by atoms with Crippen LogP contribution >= 0.6 is 0 Å². The molecule has 184 valence electrons. The first-order valence-corrected chi connectivity index (χ1v) is 12.6. The topological polar surface area (TPSA) is 87.2 Å². The number of carbonyl (C=O) groups is 1. The first kappa shape index (κ1) is 25.9. The Bertz CT molecular complexity index is 1170. The summed E-state index contributed by atoms with van der Waals surface area (Å²) in [5.74, 6) is -0.994. The molecule has 1 heterocycles. The molecule has 0 radical (unpaired) electrons. The number of nitrogens with zero attached hydrogens (tertiary/aromatic N) is 2. The fourth-order valence-electron chi connectivity index (χ4n) is 3.95. The van der Waals surface area contributed by atoms with E-state index < -0.39 is 28.0 Å². The Morgan fingerprint density at radius 1 is 1.32 bits per heavy atom. The Balaban J connectivity index is 2.00. The van der Waals surface area contributed by atoms with Crippen LogP contribution in [0.3, 0.4) is 0 Å². The van der Waals surface area contributed by atoms with E-state index in [2.05, 4.69) is 0 Å². The normalized spacial score (nSPS) is 21.2. The van der Waals surface area contributed by atoms with E-state index in [1.54, 1.807) is 32.2 Å². The minimum atomic E-state index is -3.93. The highest BCUT2D eigenvalue weighted by molar-refractivity contribution is 7.89. The molecule has 0 fully saturated rings. The predicted octanol–water partition coefficient (Wildman–Crippen LogP) is 3.40. The van der Waals surface area contributed by atoms with Gasteiger partial charge in [0.1, 0.15) is 22.6 Å². The number of amides is 1. The van der Waals surface area contributed by atoms with Gasteiger partial charge >= 0.3 is 0 Å². The summed E-state index contributed by atoms with van der Waals surface area (Å²) in [5, 5.41) is 9.73. The molecule has 0 saturated heterocycles. The molecular weight excluding hydrogens is 459 g/mol. The number of rotatable bonds is 6. The number of fused-ring (bicyclic) bond motifs is 1. The number of hydrogen-bond donors (Lipinski definition) is 1. The zero-order valence-electron chi connectivity index (χ0n) is 19.8. The largest absolute Gasteiger partial charge is 0.487 e. The van der Waals surface area contributed by atoms with Gasteiger partial charge in [-0.25, -0.2) is 12.8 Å². The van der Waals surface area contributed by atoms with Gasteiger partial charge in [0.15, 0.2) is 0 Å². The maximum Gasteiger partial charge on any atom is 0.253 e. The number of allylic oxidation sites excluding steroid dienone is 1. The van der Waals surface area contributed by atoms with Crippen LogP contribution in [0, 0.1) is 11.7 Å². The standard InChI is InChI=1S/C25H31FN2O5S/c1-5-7-19-10-11-24-22(12-19)33-23(17(2)14-28(18(3)16-29)34(24,31)32)15-27(4)25(30)20-8-6-9-21(26)13-20/h5-13,17-18,23,29H,14-16H2,1-4H3/b7-5+/t17-,18+,23-/m0/s1. The van der Waals surface area contributed by atoms with E-state index in [4.69, 9.17) is 4.74 Å². The fraction of sp³-hybridized carbons (Fsp3) is 0.400. The van der Waals surface area contributed by atoms with E-state index in [9.17, 15) is 22.7 Å². The molecule has 0 saturated carbocycles. The van der Waals surface area contributed by atoms with Crippen LogP contribution in [-0.4, -0.2) is 67.5 Å². The highest BCUT2D eigenvalue weighted by Gasteiger charge is 2.38. The van der Waals surface area contributed by atoms with Crippen LogP contribution < -0.4 is 4.74 Å². The van der Waals surface area contributed by atoms with Gasteiger partial charge in [0.2, 0.25) is 10.0 Å². The molecule has 3 rings (SSSR count). The summed E-state index contributed by atoms with van der Waals surface area (Å²) < 4.78 is 48.1. The molecule has 2 aromatic rings. The van der Waals surface area contributed by atoms with Crippen molar-refractivity contribution in [3.63, 3.8) is 0 Å². The number of aliphatic hydroxyl groups is 1. The number of benzene rings is 2. The molecule has 0 unspecified atom stereocenters. The molecule has 0 aliphatic carbocycles. The van der Waals surface area contributed by atoms with Gasteiger partial charge in [0.25, 0.3) is 5.91 Å².